The third kappa shape index (κ3) is 5.28. The van der Waals surface area contributed by atoms with Crippen LogP contribution in [0.4, 0.5) is 0 Å². The highest BCUT2D eigenvalue weighted by molar-refractivity contribution is 5.49. The van der Waals surface area contributed by atoms with E-state index in [0.717, 1.165) is 22.4 Å². The molecule has 0 spiro atoms. The number of hydrogen-bond donors (Lipinski definition) is 4. The number of ether oxygens (including phenoxy) is 2. The fourth-order valence-electron chi connectivity index (χ4n) is 3.77. The Hall–Kier alpha value is -2.12. The Morgan fingerprint density at radius 1 is 1.10 bits per heavy atom. The van der Waals surface area contributed by atoms with Gasteiger partial charge < -0.3 is 30.5 Å². The zero-order valence-electron chi connectivity index (χ0n) is 17.6. The van der Waals surface area contributed by atoms with E-state index in [1.54, 1.807) is 19.2 Å². The van der Waals surface area contributed by atoms with E-state index in [1.807, 2.05) is 24.3 Å². The van der Waals surface area contributed by atoms with Gasteiger partial charge in [0.1, 0.15) is 11.5 Å². The van der Waals surface area contributed by atoms with Gasteiger partial charge in [0.25, 0.3) is 0 Å². The molecule has 0 amide bonds. The molecule has 3 unspecified atom stereocenters. The number of phenolic OH excluding ortho intramolecular Hbond substituents is 1. The molecule has 0 aliphatic carbocycles. The van der Waals surface area contributed by atoms with Crippen molar-refractivity contribution in [1.82, 2.24) is 0 Å². The lowest BCUT2D eigenvalue weighted by Gasteiger charge is -2.34. The summed E-state index contributed by atoms with van der Waals surface area (Å²) in [5.41, 5.74) is 7.14. The van der Waals surface area contributed by atoms with E-state index in [2.05, 4.69) is 25.6 Å². The highest BCUT2D eigenvalue weighted by Crippen LogP contribution is 2.41. The molecule has 0 aromatic heterocycles. The molecule has 1 fully saturated rings. The van der Waals surface area contributed by atoms with Gasteiger partial charge in [0.05, 0.1) is 32.0 Å². The zero-order chi connectivity index (χ0) is 21.6. The van der Waals surface area contributed by atoms with Crippen LogP contribution in [0.2, 0.25) is 0 Å². The van der Waals surface area contributed by atoms with Crippen LogP contribution in [0.3, 0.4) is 0 Å². The molecule has 1 saturated heterocycles. The molecule has 3 atom stereocenters. The average molecular weight is 404 g/mol. The van der Waals surface area contributed by atoms with Crippen molar-refractivity contribution < 1.29 is 24.8 Å². The largest absolute Gasteiger partial charge is 0.508 e. The first-order valence-electron chi connectivity index (χ1n) is 9.85. The molecule has 0 radical (unpaired) electrons. The van der Waals surface area contributed by atoms with Crippen molar-refractivity contribution >= 4 is 0 Å². The Kier molecular flexibility index (Phi) is 8.05. The second kappa shape index (κ2) is 10.1. The molecule has 0 bridgehead atoms. The number of phenols is 1. The summed E-state index contributed by atoms with van der Waals surface area (Å²) in [7, 11) is 3.15. The third-order valence-electron chi connectivity index (χ3n) is 5.44. The molecule has 1 heterocycles. The minimum Gasteiger partial charge on any atom is -0.508 e. The normalized spacial score (nSPS) is 21.8. The first-order valence-corrected chi connectivity index (χ1v) is 9.85. The van der Waals surface area contributed by atoms with Crippen LogP contribution in [0.5, 0.6) is 11.5 Å². The van der Waals surface area contributed by atoms with Crippen LogP contribution < -0.4 is 10.5 Å². The summed E-state index contributed by atoms with van der Waals surface area (Å²) in [5.74, 6) is 1.00. The van der Waals surface area contributed by atoms with E-state index in [-0.39, 0.29) is 30.0 Å². The number of methoxy groups -OCH3 is 1. The average Bonchev–Trinajstić information content (AvgIpc) is 2.74. The van der Waals surface area contributed by atoms with Crippen molar-refractivity contribution in [1.29, 1.82) is 0 Å². The Morgan fingerprint density at radius 3 is 2.34 bits per heavy atom. The van der Waals surface area contributed by atoms with Crippen molar-refractivity contribution in [3.63, 3.8) is 0 Å². The molecular formula is C23H33NO5. The SMILES string of the molecule is CN.COc1ccc(C2CC(O)CC(CO)O2)cc1C(C)(C)c1ccc(O)cc1. The van der Waals surface area contributed by atoms with Gasteiger partial charge in [0, 0.05) is 23.8 Å². The molecule has 2 aromatic rings. The minimum atomic E-state index is -0.489. The molecule has 0 saturated carbocycles. The number of aromatic hydroxyl groups is 1. The number of aliphatic hydroxyl groups is 2. The van der Waals surface area contributed by atoms with E-state index >= 15 is 0 Å². The van der Waals surface area contributed by atoms with E-state index in [0.29, 0.717) is 12.8 Å². The van der Waals surface area contributed by atoms with Gasteiger partial charge in [0.2, 0.25) is 0 Å². The molecule has 6 nitrogen and oxygen atoms in total. The van der Waals surface area contributed by atoms with Crippen LogP contribution in [0.15, 0.2) is 42.5 Å². The first kappa shape index (κ1) is 23.2. The molecular weight excluding hydrogens is 370 g/mol. The van der Waals surface area contributed by atoms with Crippen LogP contribution >= 0.6 is 0 Å². The maximum absolute atomic E-state index is 10.1. The van der Waals surface area contributed by atoms with Gasteiger partial charge in [0.15, 0.2) is 0 Å². The molecule has 29 heavy (non-hydrogen) atoms. The highest BCUT2D eigenvalue weighted by Gasteiger charge is 2.32. The first-order chi connectivity index (χ1) is 13.8. The molecule has 1 aliphatic rings. The standard InChI is InChI=1S/C22H28O5.CH5N/c1-22(2,15-5-7-16(24)8-6-15)19-10-14(4-9-20(19)26-3)21-12-17(25)11-18(13-23)27-21;1-2/h4-10,17-18,21,23-25H,11-13H2,1-3H3;2H2,1H3. The number of nitrogens with two attached hydrogens (primary N) is 1. The van der Waals surface area contributed by atoms with Gasteiger partial charge in [-0.05, 0) is 42.4 Å². The molecule has 2 aromatic carbocycles. The Balaban J connectivity index is 0.00000145. The van der Waals surface area contributed by atoms with Gasteiger partial charge in [-0.3, -0.25) is 0 Å². The summed E-state index contributed by atoms with van der Waals surface area (Å²) in [5, 5.41) is 29.2. The smallest absolute Gasteiger partial charge is 0.122 e. The number of hydrogen-bond acceptors (Lipinski definition) is 6. The fraction of sp³-hybridized carbons (Fsp3) is 0.478. The van der Waals surface area contributed by atoms with Crippen molar-refractivity contribution in [3.8, 4) is 11.5 Å². The van der Waals surface area contributed by atoms with Gasteiger partial charge >= 0.3 is 0 Å². The van der Waals surface area contributed by atoms with Crippen LogP contribution in [-0.4, -0.2) is 48.3 Å². The highest BCUT2D eigenvalue weighted by atomic mass is 16.5. The van der Waals surface area contributed by atoms with Gasteiger partial charge in [-0.15, -0.1) is 0 Å². The lowest BCUT2D eigenvalue weighted by Crippen LogP contribution is -2.33. The Bertz CT molecular complexity index is 775. The molecule has 1 aliphatic heterocycles. The predicted molar refractivity (Wildman–Crippen MR) is 113 cm³/mol. The summed E-state index contributed by atoms with van der Waals surface area (Å²) in [6.07, 6.45) is -0.158. The lowest BCUT2D eigenvalue weighted by atomic mass is 9.76. The maximum Gasteiger partial charge on any atom is 0.122 e. The topological polar surface area (TPSA) is 105 Å². The number of benzene rings is 2. The zero-order valence-corrected chi connectivity index (χ0v) is 17.6. The van der Waals surface area contributed by atoms with Crippen LogP contribution in [0, 0.1) is 0 Å². The van der Waals surface area contributed by atoms with E-state index < -0.39 is 6.10 Å². The monoisotopic (exact) mass is 403 g/mol. The summed E-state index contributed by atoms with van der Waals surface area (Å²) >= 11 is 0. The number of rotatable bonds is 5. The predicted octanol–water partition coefficient (Wildman–Crippen LogP) is 2.87. The van der Waals surface area contributed by atoms with Crippen LogP contribution in [0.1, 0.15) is 49.5 Å². The number of aliphatic hydroxyl groups excluding tert-OH is 2. The van der Waals surface area contributed by atoms with Crippen molar-refractivity contribution in [3.05, 3.63) is 59.2 Å². The molecule has 6 heteroatoms. The molecule has 160 valence electrons. The van der Waals surface area contributed by atoms with Gasteiger partial charge in [-0.2, -0.15) is 0 Å². The van der Waals surface area contributed by atoms with E-state index in [4.69, 9.17) is 9.47 Å². The van der Waals surface area contributed by atoms with Crippen molar-refractivity contribution in [2.45, 2.75) is 50.4 Å². The quantitative estimate of drug-likeness (QED) is 0.612. The summed E-state index contributed by atoms with van der Waals surface area (Å²) in [6.45, 7) is 4.11. The van der Waals surface area contributed by atoms with E-state index in [1.165, 1.54) is 7.05 Å². The van der Waals surface area contributed by atoms with Gasteiger partial charge in [-0.25, -0.2) is 0 Å². The summed E-state index contributed by atoms with van der Waals surface area (Å²) < 4.78 is 11.6. The second-order valence-corrected chi connectivity index (χ2v) is 7.69. The third-order valence-corrected chi connectivity index (χ3v) is 5.44. The summed E-state index contributed by atoms with van der Waals surface area (Å²) in [6, 6.07) is 13.1. The molecule has 5 N–H and O–H groups in total. The summed E-state index contributed by atoms with van der Waals surface area (Å²) in [4.78, 5) is 0. The maximum atomic E-state index is 10.1. The van der Waals surface area contributed by atoms with Crippen LogP contribution in [0.25, 0.3) is 0 Å². The Labute approximate surface area is 172 Å². The minimum absolute atomic E-state index is 0.102. The van der Waals surface area contributed by atoms with Crippen molar-refractivity contribution in [2.24, 2.45) is 5.73 Å². The lowest BCUT2D eigenvalue weighted by molar-refractivity contribution is -0.113. The van der Waals surface area contributed by atoms with Crippen molar-refractivity contribution in [2.75, 3.05) is 20.8 Å². The Morgan fingerprint density at radius 2 is 1.76 bits per heavy atom. The van der Waals surface area contributed by atoms with Gasteiger partial charge in [-0.1, -0.05) is 32.0 Å². The van der Waals surface area contributed by atoms with Crippen LogP contribution in [-0.2, 0) is 10.2 Å². The van der Waals surface area contributed by atoms with E-state index in [9.17, 15) is 15.3 Å². The fourth-order valence-corrected chi connectivity index (χ4v) is 3.77. The second-order valence-electron chi connectivity index (χ2n) is 7.69. The molecule has 3 rings (SSSR count).